The molecule has 0 N–H and O–H groups in total. The second-order valence-corrected chi connectivity index (χ2v) is 10.7. The molecule has 2 heterocycles. The van der Waals surface area contributed by atoms with Gasteiger partial charge in [-0.1, -0.05) is 29.8 Å². The van der Waals surface area contributed by atoms with Crippen LogP contribution in [0.15, 0.2) is 51.7 Å². The van der Waals surface area contributed by atoms with Gasteiger partial charge in [0.05, 0.1) is 16.9 Å². The van der Waals surface area contributed by atoms with E-state index in [-0.39, 0.29) is 29.2 Å². The maximum Gasteiger partial charge on any atom is 0.290 e. The molecule has 1 atom stereocenters. The lowest BCUT2D eigenvalue weighted by molar-refractivity contribution is 0.0648. The van der Waals surface area contributed by atoms with Crippen LogP contribution in [0.2, 0.25) is 5.02 Å². The second kappa shape index (κ2) is 8.13. The summed E-state index contributed by atoms with van der Waals surface area (Å²) >= 11 is 6.09. The molecule has 31 heavy (non-hydrogen) atoms. The van der Waals surface area contributed by atoms with Gasteiger partial charge in [0.25, 0.3) is 5.91 Å². The van der Waals surface area contributed by atoms with Gasteiger partial charge in [0.15, 0.2) is 21.0 Å². The van der Waals surface area contributed by atoms with Gasteiger partial charge < -0.3 is 9.32 Å². The molecule has 1 amide bonds. The summed E-state index contributed by atoms with van der Waals surface area (Å²) < 4.78 is 30.0. The number of fused-ring (bicyclic) bond motifs is 1. The third-order valence-electron chi connectivity index (χ3n) is 5.53. The van der Waals surface area contributed by atoms with Crippen molar-refractivity contribution in [2.75, 3.05) is 11.5 Å². The van der Waals surface area contributed by atoms with Crippen LogP contribution in [-0.4, -0.2) is 36.8 Å². The van der Waals surface area contributed by atoms with Crippen molar-refractivity contribution in [1.82, 2.24) is 4.90 Å². The number of carbonyl (C=O) groups is 1. The molecular weight excluding hydrogens is 438 g/mol. The highest BCUT2D eigenvalue weighted by Gasteiger charge is 2.36. The van der Waals surface area contributed by atoms with E-state index in [4.69, 9.17) is 16.0 Å². The Morgan fingerprint density at radius 1 is 1.19 bits per heavy atom. The van der Waals surface area contributed by atoms with Gasteiger partial charge in [0.1, 0.15) is 5.58 Å². The average Bonchev–Trinajstić information content (AvgIpc) is 3.04. The number of nitrogens with zero attached hydrogens (tertiary/aromatic N) is 1. The number of rotatable bonds is 4. The fourth-order valence-corrected chi connectivity index (χ4v) is 6.07. The Kier molecular flexibility index (Phi) is 5.66. The van der Waals surface area contributed by atoms with Gasteiger partial charge in [-0.05, 0) is 55.2 Å². The molecule has 1 aliphatic heterocycles. The Labute approximate surface area is 185 Å². The predicted molar refractivity (Wildman–Crippen MR) is 120 cm³/mol. The first-order chi connectivity index (χ1) is 14.6. The Hall–Kier alpha value is -2.64. The summed E-state index contributed by atoms with van der Waals surface area (Å²) in [5.74, 6) is -0.707. The average molecular weight is 460 g/mol. The normalized spacial score (nSPS) is 17.7. The van der Waals surface area contributed by atoms with Gasteiger partial charge in [0.2, 0.25) is 0 Å². The van der Waals surface area contributed by atoms with E-state index in [9.17, 15) is 18.0 Å². The molecule has 8 heteroatoms. The van der Waals surface area contributed by atoms with E-state index in [1.54, 1.807) is 24.3 Å². The highest BCUT2D eigenvalue weighted by atomic mass is 35.5. The van der Waals surface area contributed by atoms with Gasteiger partial charge in [-0.15, -0.1) is 0 Å². The summed E-state index contributed by atoms with van der Waals surface area (Å²) in [6.45, 7) is 3.87. The number of carbonyl (C=O) groups excluding carboxylic acids is 1. The van der Waals surface area contributed by atoms with Crippen molar-refractivity contribution in [1.29, 1.82) is 0 Å². The molecule has 162 valence electrons. The van der Waals surface area contributed by atoms with E-state index in [0.717, 1.165) is 16.7 Å². The lowest BCUT2D eigenvalue weighted by Gasteiger charge is -2.28. The maximum atomic E-state index is 13.5. The van der Waals surface area contributed by atoms with Gasteiger partial charge in [-0.3, -0.25) is 9.59 Å². The molecule has 0 aliphatic carbocycles. The first-order valence-electron chi connectivity index (χ1n) is 9.94. The van der Waals surface area contributed by atoms with Crippen molar-refractivity contribution >= 4 is 38.3 Å². The quantitative estimate of drug-likeness (QED) is 0.590. The number of hydrogen-bond acceptors (Lipinski definition) is 5. The standard InChI is InChI=1S/C23H22ClNO5S/c1-14-8-15(2)22-19(26)11-21(30-20(22)9-14)23(27)25(18-6-7-31(28,29)13-18)12-16-4-3-5-17(24)10-16/h3-5,8-11,18H,6-7,12-13H2,1-2H3. The Morgan fingerprint density at radius 2 is 1.97 bits per heavy atom. The summed E-state index contributed by atoms with van der Waals surface area (Å²) in [5, 5.41) is 0.958. The molecule has 0 radical (unpaired) electrons. The molecule has 4 rings (SSSR count). The molecule has 1 aliphatic rings. The summed E-state index contributed by atoms with van der Waals surface area (Å²) in [6, 6.07) is 11.3. The monoisotopic (exact) mass is 459 g/mol. The second-order valence-electron chi connectivity index (χ2n) is 8.05. The third kappa shape index (κ3) is 4.52. The number of benzene rings is 2. The molecule has 1 fully saturated rings. The van der Waals surface area contributed by atoms with E-state index in [0.29, 0.717) is 22.4 Å². The van der Waals surface area contributed by atoms with Gasteiger partial charge in [-0.2, -0.15) is 0 Å². The summed E-state index contributed by atoms with van der Waals surface area (Å²) in [7, 11) is -3.22. The van der Waals surface area contributed by atoms with E-state index in [1.807, 2.05) is 26.0 Å². The number of amides is 1. The Balaban J connectivity index is 1.77. The minimum absolute atomic E-state index is 0.0249. The van der Waals surface area contributed by atoms with Crippen LogP contribution in [0.25, 0.3) is 11.0 Å². The van der Waals surface area contributed by atoms with Crippen molar-refractivity contribution in [2.45, 2.75) is 32.9 Å². The van der Waals surface area contributed by atoms with E-state index in [1.165, 1.54) is 11.0 Å². The molecular formula is C23H22ClNO5S. The molecule has 1 unspecified atom stereocenters. The van der Waals surface area contributed by atoms with E-state index >= 15 is 0 Å². The molecule has 0 spiro atoms. The molecule has 1 saturated heterocycles. The minimum Gasteiger partial charge on any atom is -0.451 e. The molecule has 0 bridgehead atoms. The van der Waals surface area contributed by atoms with Crippen LogP contribution in [0.5, 0.6) is 0 Å². The van der Waals surface area contributed by atoms with Crippen LogP contribution in [0.1, 0.15) is 33.7 Å². The fraction of sp³-hybridized carbons (Fsp3) is 0.304. The van der Waals surface area contributed by atoms with Crippen LogP contribution in [-0.2, 0) is 16.4 Å². The smallest absolute Gasteiger partial charge is 0.290 e. The van der Waals surface area contributed by atoms with Gasteiger partial charge in [0, 0.05) is 23.7 Å². The van der Waals surface area contributed by atoms with Crippen molar-refractivity contribution in [3.8, 4) is 0 Å². The maximum absolute atomic E-state index is 13.5. The number of halogens is 1. The zero-order valence-corrected chi connectivity index (χ0v) is 18.8. The molecule has 1 aromatic heterocycles. The number of sulfone groups is 1. The van der Waals surface area contributed by atoms with Gasteiger partial charge >= 0.3 is 0 Å². The summed E-state index contributed by atoms with van der Waals surface area (Å²) in [4.78, 5) is 27.7. The van der Waals surface area contributed by atoms with Crippen LogP contribution in [0.4, 0.5) is 0 Å². The predicted octanol–water partition coefficient (Wildman–Crippen LogP) is 3.89. The lowest BCUT2D eigenvalue weighted by atomic mass is 10.1. The van der Waals surface area contributed by atoms with Crippen LogP contribution in [0, 0.1) is 13.8 Å². The Morgan fingerprint density at radius 3 is 2.65 bits per heavy atom. The molecule has 3 aromatic rings. The highest BCUT2D eigenvalue weighted by Crippen LogP contribution is 2.25. The van der Waals surface area contributed by atoms with Crippen LogP contribution >= 0.6 is 11.6 Å². The SMILES string of the molecule is Cc1cc(C)c2c(=O)cc(C(=O)N(Cc3cccc(Cl)c3)C3CCS(=O)(=O)C3)oc2c1. The summed E-state index contributed by atoms with van der Waals surface area (Å²) in [5.41, 5.74) is 2.50. The topological polar surface area (TPSA) is 84.7 Å². The number of hydrogen-bond donors (Lipinski definition) is 0. The minimum atomic E-state index is -3.22. The third-order valence-corrected chi connectivity index (χ3v) is 7.52. The fourth-order valence-electron chi connectivity index (χ4n) is 4.13. The van der Waals surface area contributed by atoms with Crippen molar-refractivity contribution in [2.24, 2.45) is 0 Å². The first-order valence-corrected chi connectivity index (χ1v) is 12.1. The Bertz CT molecular complexity index is 1350. The zero-order chi connectivity index (χ0) is 22.3. The summed E-state index contributed by atoms with van der Waals surface area (Å²) in [6.07, 6.45) is 0.338. The molecule has 0 saturated carbocycles. The lowest BCUT2D eigenvalue weighted by Crippen LogP contribution is -2.41. The van der Waals surface area contributed by atoms with Gasteiger partial charge in [-0.25, -0.2) is 8.42 Å². The molecule has 2 aromatic carbocycles. The van der Waals surface area contributed by atoms with Crippen molar-refractivity contribution in [3.63, 3.8) is 0 Å². The molecule has 6 nitrogen and oxygen atoms in total. The highest BCUT2D eigenvalue weighted by molar-refractivity contribution is 7.91. The van der Waals surface area contributed by atoms with E-state index < -0.39 is 21.8 Å². The van der Waals surface area contributed by atoms with Crippen molar-refractivity contribution in [3.05, 3.63) is 80.2 Å². The van der Waals surface area contributed by atoms with E-state index in [2.05, 4.69) is 0 Å². The zero-order valence-electron chi connectivity index (χ0n) is 17.2. The first kappa shape index (κ1) is 21.6. The van der Waals surface area contributed by atoms with Crippen LogP contribution < -0.4 is 5.43 Å². The van der Waals surface area contributed by atoms with Crippen LogP contribution in [0.3, 0.4) is 0 Å². The largest absolute Gasteiger partial charge is 0.451 e. The van der Waals surface area contributed by atoms with Crippen molar-refractivity contribution < 1.29 is 17.6 Å². The number of aryl methyl sites for hydroxylation is 2.